The molecule has 0 spiro atoms. The van der Waals surface area contributed by atoms with Crippen molar-refractivity contribution in [2.24, 2.45) is 0 Å². The number of carboxylic acid groups (broad SMARTS) is 1. The van der Waals surface area contributed by atoms with Gasteiger partial charge in [0.2, 0.25) is 0 Å². The SMILES string of the molecule is O=C(O)c1ccc2ccccc2c1-c1cc2cc3nc(cc4ccc(cc5nc(cc1[nH]2)C=C5)[nH]4)C=C3.[Cd]. The van der Waals surface area contributed by atoms with Crippen LogP contribution in [0.1, 0.15) is 33.1 Å². The van der Waals surface area contributed by atoms with Crippen LogP contribution in [0.5, 0.6) is 0 Å². The van der Waals surface area contributed by atoms with Crippen molar-refractivity contribution in [1.29, 1.82) is 0 Å². The summed E-state index contributed by atoms with van der Waals surface area (Å²) in [5.41, 5.74) is 8.49. The molecular formula is C31H20CdN4O2. The van der Waals surface area contributed by atoms with Crippen LogP contribution in [0, 0.1) is 0 Å². The molecule has 0 fully saturated rings. The molecule has 178 valence electrons. The van der Waals surface area contributed by atoms with E-state index in [9.17, 15) is 9.90 Å². The first-order valence-electron chi connectivity index (χ1n) is 11.9. The summed E-state index contributed by atoms with van der Waals surface area (Å²) in [4.78, 5) is 28.7. The van der Waals surface area contributed by atoms with E-state index < -0.39 is 5.97 Å². The number of aromatic nitrogens is 4. The first-order valence-corrected chi connectivity index (χ1v) is 11.9. The number of hydrogen-bond acceptors (Lipinski definition) is 3. The maximum Gasteiger partial charge on any atom is 0.336 e. The van der Waals surface area contributed by atoms with Crippen molar-refractivity contribution in [2.75, 3.05) is 0 Å². The Balaban J connectivity index is 0.00000264. The molecule has 7 heteroatoms. The Morgan fingerprint density at radius 2 is 1.26 bits per heavy atom. The number of nitrogens with one attached hydrogen (secondary N) is 2. The number of aromatic carboxylic acids is 1. The van der Waals surface area contributed by atoms with Crippen LogP contribution in [0.15, 0.2) is 78.9 Å². The van der Waals surface area contributed by atoms with E-state index in [2.05, 4.69) is 9.97 Å². The number of H-pyrrole nitrogens is 2. The van der Waals surface area contributed by atoms with Crippen LogP contribution in [0.4, 0.5) is 0 Å². The maximum absolute atomic E-state index is 12.3. The third-order valence-corrected chi connectivity index (χ3v) is 6.60. The van der Waals surface area contributed by atoms with Crippen LogP contribution in [0.3, 0.4) is 0 Å². The van der Waals surface area contributed by atoms with E-state index in [1.807, 2.05) is 97.1 Å². The summed E-state index contributed by atoms with van der Waals surface area (Å²) in [6.07, 6.45) is 7.87. The first-order chi connectivity index (χ1) is 18.1. The van der Waals surface area contributed by atoms with E-state index in [-0.39, 0.29) is 32.9 Å². The Morgan fingerprint density at radius 3 is 1.92 bits per heavy atom. The van der Waals surface area contributed by atoms with Crippen LogP contribution in [-0.2, 0) is 27.3 Å². The Morgan fingerprint density at radius 1 is 0.658 bits per heavy atom. The summed E-state index contributed by atoms with van der Waals surface area (Å²) in [5, 5.41) is 11.9. The first kappa shape index (κ1) is 24.1. The van der Waals surface area contributed by atoms with Gasteiger partial charge in [0.05, 0.1) is 28.3 Å². The van der Waals surface area contributed by atoms with Crippen molar-refractivity contribution in [3.63, 3.8) is 0 Å². The predicted octanol–water partition coefficient (Wildman–Crippen LogP) is 7.17. The number of nitrogens with zero attached hydrogens (tertiary/aromatic N) is 2. The molecule has 0 saturated carbocycles. The molecule has 2 aliphatic heterocycles. The summed E-state index contributed by atoms with van der Waals surface area (Å²) in [6, 6.07) is 25.3. The van der Waals surface area contributed by atoms with E-state index >= 15 is 0 Å². The van der Waals surface area contributed by atoms with Crippen molar-refractivity contribution in [1.82, 2.24) is 19.9 Å². The molecule has 0 radical (unpaired) electrons. The molecule has 0 amide bonds. The van der Waals surface area contributed by atoms with E-state index in [0.717, 1.165) is 61.2 Å². The van der Waals surface area contributed by atoms with E-state index in [4.69, 9.17) is 9.97 Å². The zero-order valence-corrected chi connectivity index (χ0v) is 24.3. The van der Waals surface area contributed by atoms with Gasteiger partial charge < -0.3 is 15.1 Å². The van der Waals surface area contributed by atoms with Gasteiger partial charge in [0.25, 0.3) is 0 Å². The van der Waals surface area contributed by atoms with Crippen LogP contribution in [0.2, 0.25) is 0 Å². The van der Waals surface area contributed by atoms with Gasteiger partial charge in [-0.05, 0) is 83.6 Å². The molecule has 0 saturated heterocycles. The van der Waals surface area contributed by atoms with Gasteiger partial charge in [-0.25, -0.2) is 14.8 Å². The number of carbonyl (C=O) groups is 1. The summed E-state index contributed by atoms with van der Waals surface area (Å²) < 4.78 is 0. The minimum atomic E-state index is -0.969. The topological polar surface area (TPSA) is 94.7 Å². The van der Waals surface area contributed by atoms with Gasteiger partial charge in [0.15, 0.2) is 0 Å². The van der Waals surface area contributed by atoms with Gasteiger partial charge in [0, 0.05) is 60.5 Å². The summed E-state index contributed by atoms with van der Waals surface area (Å²) in [6.45, 7) is 0. The van der Waals surface area contributed by atoms with E-state index in [0.29, 0.717) is 5.56 Å². The Hall–Kier alpha value is -4.31. The fraction of sp³-hybridized carbons (Fsp3) is 0. The van der Waals surface area contributed by atoms with Crippen molar-refractivity contribution in [3.05, 3.63) is 107 Å². The minimum Gasteiger partial charge on any atom is -0.478 e. The monoisotopic (exact) mass is 594 g/mol. The third-order valence-electron chi connectivity index (χ3n) is 6.60. The molecule has 0 atom stereocenters. The maximum atomic E-state index is 12.3. The number of carboxylic acids is 1. The van der Waals surface area contributed by atoms with Crippen molar-refractivity contribution in [3.8, 4) is 11.1 Å². The summed E-state index contributed by atoms with van der Waals surface area (Å²) in [7, 11) is 0. The fourth-order valence-electron chi connectivity index (χ4n) is 4.96. The van der Waals surface area contributed by atoms with Gasteiger partial charge in [-0.3, -0.25) is 0 Å². The molecule has 2 aliphatic rings. The second-order valence-electron chi connectivity index (χ2n) is 9.10. The van der Waals surface area contributed by atoms with Crippen LogP contribution >= 0.6 is 0 Å². The zero-order chi connectivity index (χ0) is 24.9. The normalized spacial score (nSPS) is 12.0. The molecular weight excluding hydrogens is 573 g/mol. The molecule has 38 heavy (non-hydrogen) atoms. The molecule has 0 aliphatic carbocycles. The quantitative estimate of drug-likeness (QED) is 0.186. The Kier molecular flexibility index (Phi) is 6.03. The second kappa shape index (κ2) is 9.53. The number of rotatable bonds is 2. The van der Waals surface area contributed by atoms with Crippen LogP contribution in [0.25, 0.3) is 68.3 Å². The van der Waals surface area contributed by atoms with Gasteiger partial charge in [-0.2, -0.15) is 0 Å². The van der Waals surface area contributed by atoms with Crippen molar-refractivity contribution >= 4 is 63.1 Å². The molecule has 3 N–H and O–H groups in total. The molecule has 2 aromatic carbocycles. The van der Waals surface area contributed by atoms with E-state index in [1.54, 1.807) is 6.07 Å². The average molecular weight is 593 g/mol. The summed E-state index contributed by atoms with van der Waals surface area (Å²) >= 11 is 0. The van der Waals surface area contributed by atoms with Gasteiger partial charge >= 0.3 is 5.97 Å². The number of aromatic amines is 2. The number of hydrogen-bond donors (Lipinski definition) is 3. The minimum absolute atomic E-state index is 0. The smallest absolute Gasteiger partial charge is 0.336 e. The largest absolute Gasteiger partial charge is 0.478 e. The van der Waals surface area contributed by atoms with Crippen LogP contribution in [-0.4, -0.2) is 31.0 Å². The summed E-state index contributed by atoms with van der Waals surface area (Å²) in [5.74, 6) is -0.969. The number of fused-ring (bicyclic) bond motifs is 9. The third kappa shape index (κ3) is 4.37. The molecule has 5 aromatic rings. The number of benzene rings is 2. The molecule has 6 nitrogen and oxygen atoms in total. The molecule has 7 rings (SSSR count). The van der Waals surface area contributed by atoms with Gasteiger partial charge in [-0.15, -0.1) is 0 Å². The van der Waals surface area contributed by atoms with Crippen LogP contribution < -0.4 is 0 Å². The predicted molar refractivity (Wildman–Crippen MR) is 149 cm³/mol. The zero-order valence-electron chi connectivity index (χ0n) is 20.3. The molecule has 3 aromatic heterocycles. The second-order valence-corrected chi connectivity index (χ2v) is 9.10. The molecule has 5 heterocycles. The fourth-order valence-corrected chi connectivity index (χ4v) is 4.96. The van der Waals surface area contributed by atoms with Gasteiger partial charge in [-0.1, -0.05) is 30.3 Å². The van der Waals surface area contributed by atoms with Gasteiger partial charge in [0.1, 0.15) is 0 Å². The molecule has 0 unspecified atom stereocenters. The average Bonchev–Trinajstić information content (AvgIpc) is 3.69. The van der Waals surface area contributed by atoms with E-state index in [1.165, 1.54) is 0 Å². The van der Waals surface area contributed by atoms with Crippen molar-refractivity contribution in [2.45, 2.75) is 0 Å². The molecule has 8 bridgehead atoms. The Labute approximate surface area is 237 Å². The van der Waals surface area contributed by atoms with Crippen molar-refractivity contribution < 1.29 is 37.2 Å². The Bertz CT molecular complexity index is 1980. The standard InChI is InChI=1S/C31H20N4O2.Cd/c36-31(37)27-12-5-18-3-1-2-4-26(18)30(27)28-16-25-15-23-9-8-21(33-23)13-19-6-7-20(32-19)14-22-10-11-24(34-22)17-29(28)35-25;/h1-17,32,35H,(H,36,37);.